The normalized spacial score (nSPS) is 33.4. The molecule has 1 fully saturated rings. The molecule has 1 saturated carbocycles. The Labute approximate surface area is 75.4 Å². The third kappa shape index (κ3) is 0.763. The molecule has 3 heteroatoms. The molecule has 0 bridgehead atoms. The van der Waals surface area contributed by atoms with Crippen molar-refractivity contribution in [1.82, 2.24) is 5.32 Å². The van der Waals surface area contributed by atoms with Crippen LogP contribution >= 0.6 is 0 Å². The molecule has 3 aliphatic rings. The van der Waals surface area contributed by atoms with E-state index in [1.807, 2.05) is 18.4 Å². The zero-order chi connectivity index (χ0) is 9.00. The summed E-state index contributed by atoms with van der Waals surface area (Å²) in [6.45, 7) is 0.806. The third-order valence-corrected chi connectivity index (χ3v) is 2.95. The molecular weight excluding hydrogens is 166 g/mol. The van der Waals surface area contributed by atoms with Gasteiger partial charge in [0.2, 0.25) is 0 Å². The highest BCUT2D eigenvalue weighted by Gasteiger charge is 2.54. The minimum Gasteiger partial charge on any atom is -0.481 e. The van der Waals surface area contributed by atoms with Gasteiger partial charge in [-0.05, 0) is 29.0 Å². The van der Waals surface area contributed by atoms with E-state index >= 15 is 0 Å². The van der Waals surface area contributed by atoms with Crippen molar-refractivity contribution in [3.63, 3.8) is 0 Å². The Kier molecular flexibility index (Phi) is 1.09. The molecule has 2 aliphatic carbocycles. The lowest BCUT2D eigenvalue weighted by atomic mass is 10.0. The van der Waals surface area contributed by atoms with E-state index in [4.69, 9.17) is 5.11 Å². The molecule has 0 amide bonds. The number of fused-ring (bicyclic) bond motifs is 2. The zero-order valence-corrected chi connectivity index (χ0v) is 6.95. The summed E-state index contributed by atoms with van der Waals surface area (Å²) in [7, 11) is 0. The SMILES string of the molecule is O=C(O)C1C2=CC3=C(CNC=C3)C21. The molecule has 66 valence electrons. The molecule has 0 aromatic rings. The van der Waals surface area contributed by atoms with Crippen molar-refractivity contribution in [1.29, 1.82) is 0 Å². The fraction of sp³-hybridized carbons (Fsp3) is 0.300. The maximum atomic E-state index is 10.7. The number of nitrogens with one attached hydrogen (secondary N) is 1. The molecule has 0 radical (unpaired) electrons. The molecule has 3 nitrogen and oxygen atoms in total. The molecule has 1 heterocycles. The van der Waals surface area contributed by atoms with Crippen molar-refractivity contribution in [2.24, 2.45) is 11.8 Å². The van der Waals surface area contributed by atoms with Gasteiger partial charge in [-0.2, -0.15) is 0 Å². The van der Waals surface area contributed by atoms with Crippen molar-refractivity contribution < 1.29 is 9.90 Å². The van der Waals surface area contributed by atoms with Crippen LogP contribution in [0.2, 0.25) is 0 Å². The van der Waals surface area contributed by atoms with Crippen LogP contribution in [0.15, 0.2) is 35.1 Å². The summed E-state index contributed by atoms with van der Waals surface area (Å²) in [5, 5.41) is 12.0. The summed E-state index contributed by atoms with van der Waals surface area (Å²) in [6.07, 6.45) is 5.95. The lowest BCUT2D eigenvalue weighted by Crippen LogP contribution is -2.17. The van der Waals surface area contributed by atoms with Crippen LogP contribution in [-0.2, 0) is 4.79 Å². The van der Waals surface area contributed by atoms with E-state index in [1.165, 1.54) is 11.1 Å². The van der Waals surface area contributed by atoms with Gasteiger partial charge >= 0.3 is 5.97 Å². The topological polar surface area (TPSA) is 49.3 Å². The maximum absolute atomic E-state index is 10.7. The van der Waals surface area contributed by atoms with Gasteiger partial charge in [-0.1, -0.05) is 6.08 Å². The molecular formula is C10H9NO2. The first kappa shape index (κ1) is 6.95. The third-order valence-electron chi connectivity index (χ3n) is 2.95. The van der Waals surface area contributed by atoms with E-state index < -0.39 is 5.97 Å². The van der Waals surface area contributed by atoms with Gasteiger partial charge in [-0.25, -0.2) is 0 Å². The molecule has 13 heavy (non-hydrogen) atoms. The van der Waals surface area contributed by atoms with Gasteiger partial charge in [0.25, 0.3) is 0 Å². The highest BCUT2D eigenvalue weighted by Crippen LogP contribution is 2.56. The monoisotopic (exact) mass is 175 g/mol. The highest BCUT2D eigenvalue weighted by molar-refractivity contribution is 5.84. The average Bonchev–Trinajstić information content (AvgIpc) is 2.71. The van der Waals surface area contributed by atoms with Gasteiger partial charge in [-0.15, -0.1) is 0 Å². The van der Waals surface area contributed by atoms with Crippen LogP contribution in [-0.4, -0.2) is 17.6 Å². The summed E-state index contributed by atoms with van der Waals surface area (Å²) in [4.78, 5) is 10.7. The van der Waals surface area contributed by atoms with Crippen LogP contribution in [0, 0.1) is 11.8 Å². The average molecular weight is 175 g/mol. The first-order valence-electron chi connectivity index (χ1n) is 4.36. The number of dihydropyridines is 1. The predicted molar refractivity (Wildman–Crippen MR) is 46.9 cm³/mol. The van der Waals surface area contributed by atoms with Gasteiger partial charge < -0.3 is 10.4 Å². The van der Waals surface area contributed by atoms with Gasteiger partial charge in [-0.3, -0.25) is 4.79 Å². The van der Waals surface area contributed by atoms with Gasteiger partial charge in [0.05, 0.1) is 5.92 Å². The van der Waals surface area contributed by atoms with Crippen LogP contribution in [0.4, 0.5) is 0 Å². The Morgan fingerprint density at radius 3 is 3.23 bits per heavy atom. The number of carbonyl (C=O) groups is 1. The Bertz CT molecular complexity index is 390. The quantitative estimate of drug-likeness (QED) is 0.615. The van der Waals surface area contributed by atoms with Crippen LogP contribution in [0.25, 0.3) is 0 Å². The van der Waals surface area contributed by atoms with Crippen LogP contribution < -0.4 is 5.32 Å². The van der Waals surface area contributed by atoms with Gasteiger partial charge in [0.15, 0.2) is 0 Å². The van der Waals surface area contributed by atoms with Crippen molar-refractivity contribution in [3.8, 4) is 0 Å². The molecule has 2 N–H and O–H groups in total. The standard InChI is InChI=1S/C10H9NO2/c12-10(13)9-6-3-5-1-2-11-4-7(5)8(6)9/h1-3,8-9,11H,4H2,(H,12,13). The summed E-state index contributed by atoms with van der Waals surface area (Å²) in [6, 6.07) is 0. The fourth-order valence-corrected chi connectivity index (χ4v) is 2.29. The summed E-state index contributed by atoms with van der Waals surface area (Å²) in [5.74, 6) is -0.686. The Hall–Kier alpha value is -1.51. The maximum Gasteiger partial charge on any atom is 0.311 e. The van der Waals surface area contributed by atoms with Crippen LogP contribution in [0.1, 0.15) is 0 Å². The fourth-order valence-electron chi connectivity index (χ4n) is 2.29. The molecule has 1 aliphatic heterocycles. The molecule has 3 rings (SSSR count). The summed E-state index contributed by atoms with van der Waals surface area (Å²) >= 11 is 0. The number of hydrogen-bond donors (Lipinski definition) is 2. The second-order valence-electron chi connectivity index (χ2n) is 3.63. The zero-order valence-electron chi connectivity index (χ0n) is 6.95. The smallest absolute Gasteiger partial charge is 0.311 e. The lowest BCUT2D eigenvalue weighted by Gasteiger charge is -2.12. The molecule has 0 saturated heterocycles. The molecule has 2 unspecified atom stereocenters. The first-order valence-corrected chi connectivity index (χ1v) is 4.36. The first-order chi connectivity index (χ1) is 6.29. The van der Waals surface area contributed by atoms with Gasteiger partial charge in [0, 0.05) is 12.5 Å². The Morgan fingerprint density at radius 1 is 1.62 bits per heavy atom. The van der Waals surface area contributed by atoms with Gasteiger partial charge in [0.1, 0.15) is 0 Å². The molecule has 0 aromatic heterocycles. The number of rotatable bonds is 1. The number of hydrogen-bond acceptors (Lipinski definition) is 2. The van der Waals surface area contributed by atoms with Crippen molar-refractivity contribution in [2.75, 3.05) is 6.54 Å². The molecule has 2 atom stereocenters. The molecule has 0 spiro atoms. The minimum atomic E-state index is -0.683. The molecule has 0 aromatic carbocycles. The Morgan fingerprint density at radius 2 is 2.46 bits per heavy atom. The summed E-state index contributed by atoms with van der Waals surface area (Å²) < 4.78 is 0. The van der Waals surface area contributed by atoms with E-state index in [0.29, 0.717) is 0 Å². The van der Waals surface area contributed by atoms with E-state index in [9.17, 15) is 4.79 Å². The van der Waals surface area contributed by atoms with Crippen molar-refractivity contribution >= 4 is 5.97 Å². The van der Waals surface area contributed by atoms with Crippen molar-refractivity contribution in [3.05, 3.63) is 35.1 Å². The van der Waals surface area contributed by atoms with Crippen LogP contribution in [0.3, 0.4) is 0 Å². The second-order valence-corrected chi connectivity index (χ2v) is 3.63. The highest BCUT2D eigenvalue weighted by atomic mass is 16.4. The predicted octanol–water partition coefficient (Wildman–Crippen LogP) is 0.671. The largest absolute Gasteiger partial charge is 0.481 e. The second kappa shape index (κ2) is 2.05. The number of carboxylic acid groups (broad SMARTS) is 1. The van der Waals surface area contributed by atoms with E-state index in [-0.39, 0.29) is 11.8 Å². The summed E-state index contributed by atoms with van der Waals surface area (Å²) in [5.41, 5.74) is 3.56. The van der Waals surface area contributed by atoms with Crippen molar-refractivity contribution in [2.45, 2.75) is 0 Å². The lowest BCUT2D eigenvalue weighted by molar-refractivity contribution is -0.138. The number of aliphatic carboxylic acids is 1. The van der Waals surface area contributed by atoms with E-state index in [2.05, 4.69) is 5.32 Å². The number of carboxylic acids is 1. The minimum absolute atomic E-state index is 0.213. The van der Waals surface area contributed by atoms with E-state index in [0.717, 1.165) is 12.1 Å². The van der Waals surface area contributed by atoms with E-state index in [1.54, 1.807) is 0 Å². The number of allylic oxidation sites excluding steroid dienone is 3. The Balaban J connectivity index is 1.94. The van der Waals surface area contributed by atoms with Crippen LogP contribution in [0.5, 0.6) is 0 Å².